The molecule has 1 aliphatic heterocycles. The quantitative estimate of drug-likeness (QED) is 0.216. The van der Waals surface area contributed by atoms with Crippen molar-refractivity contribution in [3.63, 3.8) is 0 Å². The first-order chi connectivity index (χ1) is 21.2. The topological polar surface area (TPSA) is 59.6 Å². The lowest BCUT2D eigenvalue weighted by atomic mass is 9.94. The molecule has 0 spiro atoms. The van der Waals surface area contributed by atoms with Gasteiger partial charge in [0.2, 0.25) is 0 Å². The molecule has 0 bridgehead atoms. The Bertz CT molecular complexity index is 2100. The number of benzene rings is 3. The van der Waals surface area contributed by atoms with E-state index in [-0.39, 0.29) is 17.3 Å². The van der Waals surface area contributed by atoms with Crippen LogP contribution in [0.25, 0.3) is 17.0 Å². The Kier molecular flexibility index (Phi) is 8.14. The number of amides is 1. The summed E-state index contributed by atoms with van der Waals surface area (Å²) in [6, 6.07) is 21.2. The van der Waals surface area contributed by atoms with Crippen LogP contribution in [0.2, 0.25) is 5.02 Å². The Hall–Kier alpha value is -4.27. The highest BCUT2D eigenvalue weighted by molar-refractivity contribution is 7.07. The van der Waals surface area contributed by atoms with Crippen LogP contribution in [-0.4, -0.2) is 33.0 Å². The molecular weight excluding hydrogens is 595 g/mol. The van der Waals surface area contributed by atoms with Gasteiger partial charge in [0.15, 0.2) is 4.80 Å². The molecule has 0 unspecified atom stereocenters. The van der Waals surface area contributed by atoms with Gasteiger partial charge in [0, 0.05) is 46.8 Å². The van der Waals surface area contributed by atoms with Crippen LogP contribution >= 0.6 is 22.9 Å². The minimum Gasteiger partial charge on any atom is -0.340 e. The number of carbonyl (C=O) groups is 1. The molecule has 6 nitrogen and oxygen atoms in total. The monoisotopic (exact) mass is 626 g/mol. The molecule has 0 saturated carbocycles. The van der Waals surface area contributed by atoms with E-state index >= 15 is 0 Å². The SMILES string of the molecule is CCN(CC)C(=O)C1=C(C)N=c2s/c(=C/c3c(C)n(Cc4ccc(F)cc4)c4ccccc34)c(=O)n2[C@H]1c1ccc(Cl)cc1. The second kappa shape index (κ2) is 12.0. The third-order valence-corrected chi connectivity index (χ3v) is 9.53. The number of fused-ring (bicyclic) bond motifs is 2. The van der Waals surface area contributed by atoms with Gasteiger partial charge >= 0.3 is 0 Å². The van der Waals surface area contributed by atoms with Gasteiger partial charge in [-0.25, -0.2) is 9.38 Å². The predicted octanol–water partition coefficient (Wildman–Crippen LogP) is 6.21. The first-order valence-electron chi connectivity index (χ1n) is 14.6. The molecule has 9 heteroatoms. The van der Waals surface area contributed by atoms with E-state index in [1.807, 2.05) is 64.1 Å². The Morgan fingerprint density at radius 3 is 2.39 bits per heavy atom. The van der Waals surface area contributed by atoms with Crippen molar-refractivity contribution in [1.82, 2.24) is 14.0 Å². The van der Waals surface area contributed by atoms with Crippen molar-refractivity contribution in [3.8, 4) is 0 Å². The first kappa shape index (κ1) is 29.8. The lowest BCUT2D eigenvalue weighted by molar-refractivity contribution is -0.127. The summed E-state index contributed by atoms with van der Waals surface area (Å²) in [7, 11) is 0. The minimum absolute atomic E-state index is 0.134. The number of rotatable bonds is 7. The zero-order valence-electron chi connectivity index (χ0n) is 25.0. The Morgan fingerprint density at radius 2 is 1.70 bits per heavy atom. The number of hydrogen-bond acceptors (Lipinski definition) is 4. The molecule has 1 atom stereocenters. The van der Waals surface area contributed by atoms with Crippen molar-refractivity contribution in [2.45, 2.75) is 40.3 Å². The highest BCUT2D eigenvalue weighted by Gasteiger charge is 2.34. The Morgan fingerprint density at radius 1 is 1.02 bits per heavy atom. The zero-order chi connectivity index (χ0) is 31.1. The fourth-order valence-electron chi connectivity index (χ4n) is 5.98. The number of carbonyl (C=O) groups excluding carboxylic acids is 1. The highest BCUT2D eigenvalue weighted by Crippen LogP contribution is 2.32. The summed E-state index contributed by atoms with van der Waals surface area (Å²) in [4.78, 5) is 35.2. The van der Waals surface area contributed by atoms with Crippen molar-refractivity contribution < 1.29 is 9.18 Å². The first-order valence-corrected chi connectivity index (χ1v) is 15.8. The van der Waals surface area contributed by atoms with Crippen LogP contribution in [-0.2, 0) is 11.3 Å². The van der Waals surface area contributed by atoms with Gasteiger partial charge in [-0.15, -0.1) is 0 Å². The van der Waals surface area contributed by atoms with E-state index in [4.69, 9.17) is 16.6 Å². The molecule has 224 valence electrons. The van der Waals surface area contributed by atoms with Crippen LogP contribution in [0, 0.1) is 12.7 Å². The smallest absolute Gasteiger partial charge is 0.271 e. The average Bonchev–Trinajstić information content (AvgIpc) is 3.47. The molecule has 1 aliphatic rings. The number of para-hydroxylation sites is 1. The fraction of sp³-hybridized carbons (Fsp3) is 0.229. The summed E-state index contributed by atoms with van der Waals surface area (Å²) < 4.78 is 17.9. The molecule has 0 aliphatic carbocycles. The van der Waals surface area contributed by atoms with Gasteiger partial charge in [-0.05, 0) is 75.2 Å². The summed E-state index contributed by atoms with van der Waals surface area (Å²) in [6.45, 7) is 9.42. The standard InChI is InChI=1S/C35H32ClFN4O2S/c1-5-39(6-2)34(43)31-21(3)38-35-41(32(31)24-13-15-25(36)16-14-24)33(42)30(44-35)19-28-22(4)40(29-10-8-7-9-27(28)29)20-23-11-17-26(37)18-12-23/h7-19,32H,5-6,20H2,1-4H3/b30-19+/t32-/m0/s1. The van der Waals surface area contributed by atoms with Gasteiger partial charge < -0.3 is 9.47 Å². The second-order valence-corrected chi connectivity index (χ2v) is 12.3. The maximum atomic E-state index is 14.3. The normalized spacial score (nSPS) is 15.0. The van der Waals surface area contributed by atoms with E-state index in [1.54, 1.807) is 33.7 Å². The molecular formula is C35H32ClFN4O2S. The number of allylic oxidation sites excluding steroid dienone is 1. The molecule has 5 aromatic rings. The number of halogens is 2. The summed E-state index contributed by atoms with van der Waals surface area (Å²) in [6.07, 6.45) is 1.94. The molecule has 0 radical (unpaired) electrons. The summed E-state index contributed by atoms with van der Waals surface area (Å²) in [5.41, 5.74) is 5.60. The maximum Gasteiger partial charge on any atom is 0.271 e. The van der Waals surface area contributed by atoms with Crippen molar-refractivity contribution in [2.75, 3.05) is 13.1 Å². The number of aromatic nitrogens is 2. The second-order valence-electron chi connectivity index (χ2n) is 10.8. The molecule has 3 heterocycles. The van der Waals surface area contributed by atoms with Crippen molar-refractivity contribution >= 4 is 45.8 Å². The maximum absolute atomic E-state index is 14.3. The van der Waals surface area contributed by atoms with Gasteiger partial charge in [0.1, 0.15) is 5.82 Å². The van der Waals surface area contributed by atoms with Crippen LogP contribution in [0.5, 0.6) is 0 Å². The molecule has 3 aromatic carbocycles. The predicted molar refractivity (Wildman–Crippen MR) is 175 cm³/mol. The van der Waals surface area contributed by atoms with Crippen LogP contribution in [0.4, 0.5) is 4.39 Å². The lowest BCUT2D eigenvalue weighted by Gasteiger charge is -2.29. The molecule has 1 amide bonds. The minimum atomic E-state index is -0.639. The molecule has 0 N–H and O–H groups in total. The van der Waals surface area contributed by atoms with Crippen LogP contribution in [0.15, 0.2) is 93.9 Å². The Labute approximate surface area is 263 Å². The summed E-state index contributed by atoms with van der Waals surface area (Å²) >= 11 is 7.55. The average molecular weight is 627 g/mol. The third kappa shape index (κ3) is 5.22. The number of thiazole rings is 1. The van der Waals surface area contributed by atoms with E-state index in [9.17, 15) is 14.0 Å². The van der Waals surface area contributed by atoms with E-state index < -0.39 is 6.04 Å². The Balaban J connectivity index is 1.54. The zero-order valence-corrected chi connectivity index (χ0v) is 26.5. The van der Waals surface area contributed by atoms with Crippen molar-refractivity contribution in [2.24, 2.45) is 4.99 Å². The van der Waals surface area contributed by atoms with Gasteiger partial charge in [-0.1, -0.05) is 65.4 Å². The molecule has 44 heavy (non-hydrogen) atoms. The molecule has 2 aromatic heterocycles. The molecule has 0 fully saturated rings. The van der Waals surface area contributed by atoms with Gasteiger partial charge in [-0.2, -0.15) is 0 Å². The van der Waals surface area contributed by atoms with Crippen molar-refractivity contribution in [3.05, 3.63) is 137 Å². The van der Waals surface area contributed by atoms with Crippen LogP contribution in [0.3, 0.4) is 0 Å². The van der Waals surface area contributed by atoms with Gasteiger partial charge in [0.25, 0.3) is 11.5 Å². The molecule has 0 saturated heterocycles. The van der Waals surface area contributed by atoms with E-state index in [2.05, 4.69) is 10.6 Å². The highest BCUT2D eigenvalue weighted by atomic mass is 35.5. The van der Waals surface area contributed by atoms with Crippen LogP contribution < -0.4 is 14.9 Å². The number of hydrogen-bond donors (Lipinski definition) is 0. The summed E-state index contributed by atoms with van der Waals surface area (Å²) in [5.74, 6) is -0.404. The fourth-order valence-corrected chi connectivity index (χ4v) is 7.14. The van der Waals surface area contributed by atoms with E-state index in [1.165, 1.54) is 23.5 Å². The van der Waals surface area contributed by atoms with Gasteiger partial charge in [-0.3, -0.25) is 14.2 Å². The van der Waals surface area contributed by atoms with Crippen LogP contribution in [0.1, 0.15) is 49.2 Å². The van der Waals surface area contributed by atoms with E-state index in [0.717, 1.165) is 33.3 Å². The largest absolute Gasteiger partial charge is 0.340 e. The van der Waals surface area contributed by atoms with Gasteiger partial charge in [0.05, 0.1) is 21.8 Å². The number of nitrogens with zero attached hydrogens (tertiary/aromatic N) is 4. The lowest BCUT2D eigenvalue weighted by Crippen LogP contribution is -2.43. The molecule has 6 rings (SSSR count). The summed E-state index contributed by atoms with van der Waals surface area (Å²) in [5, 5.41) is 1.59. The van der Waals surface area contributed by atoms with Crippen molar-refractivity contribution in [1.29, 1.82) is 0 Å². The third-order valence-electron chi connectivity index (χ3n) is 8.30. The van der Waals surface area contributed by atoms with E-state index in [0.29, 0.717) is 45.3 Å². The number of likely N-dealkylation sites (N-methyl/N-ethyl adjacent to an activating group) is 1.